The van der Waals surface area contributed by atoms with E-state index >= 15 is 0 Å². The summed E-state index contributed by atoms with van der Waals surface area (Å²) in [5.41, 5.74) is 1.43. The van der Waals surface area contributed by atoms with Crippen LogP contribution in [0.4, 0.5) is 5.69 Å². The van der Waals surface area contributed by atoms with Gasteiger partial charge >= 0.3 is 0 Å². The average Bonchev–Trinajstić information content (AvgIpc) is 2.72. The monoisotopic (exact) mass is 440 g/mol. The van der Waals surface area contributed by atoms with Gasteiger partial charge in [-0.2, -0.15) is 4.31 Å². The van der Waals surface area contributed by atoms with Crippen LogP contribution in [-0.2, 0) is 20.2 Å². The van der Waals surface area contributed by atoms with Crippen molar-refractivity contribution in [2.24, 2.45) is 0 Å². The van der Waals surface area contributed by atoms with Gasteiger partial charge in [0, 0.05) is 7.05 Å². The van der Waals surface area contributed by atoms with Crippen molar-refractivity contribution in [3.8, 4) is 5.75 Å². The van der Waals surface area contributed by atoms with Crippen molar-refractivity contribution in [3.63, 3.8) is 0 Å². The lowest BCUT2D eigenvalue weighted by Crippen LogP contribution is -2.35. The Labute approximate surface area is 183 Å². The second-order valence-electron chi connectivity index (χ2n) is 8.48. The molecule has 164 valence electrons. The highest BCUT2D eigenvalue weighted by atomic mass is 32.2. The van der Waals surface area contributed by atoms with E-state index in [4.69, 9.17) is 4.74 Å². The zero-order valence-corrected chi connectivity index (χ0v) is 19.3. The first-order chi connectivity index (χ1) is 14.5. The third-order valence-electron chi connectivity index (χ3n) is 5.13. The second kappa shape index (κ2) is 8.69. The minimum Gasteiger partial charge on any atom is -0.495 e. The summed E-state index contributed by atoms with van der Waals surface area (Å²) in [6.45, 7) is 5.90. The maximum Gasteiger partial charge on any atom is 0.243 e. The van der Waals surface area contributed by atoms with Gasteiger partial charge in [-0.1, -0.05) is 57.2 Å². The molecule has 1 N–H and O–H groups in total. The van der Waals surface area contributed by atoms with Crippen molar-refractivity contribution in [2.45, 2.75) is 31.1 Å². The van der Waals surface area contributed by atoms with Crippen LogP contribution in [0.2, 0.25) is 0 Å². The zero-order chi connectivity index (χ0) is 22.8. The molecule has 0 aliphatic heterocycles. The number of fused-ring (bicyclic) bond motifs is 1. The van der Waals surface area contributed by atoms with Gasteiger partial charge in [-0.25, -0.2) is 8.42 Å². The molecule has 0 saturated heterocycles. The SMILES string of the molecule is COc1ccc(C(C)(C)C)cc1NC(=O)CN(C)S(=O)(=O)c1ccc2ccccc2c1. The Morgan fingerprint density at radius 3 is 2.32 bits per heavy atom. The fourth-order valence-electron chi connectivity index (χ4n) is 3.26. The van der Waals surface area contributed by atoms with Crippen LogP contribution in [0, 0.1) is 0 Å². The van der Waals surface area contributed by atoms with Crippen molar-refractivity contribution in [1.82, 2.24) is 4.31 Å². The number of carbonyl (C=O) groups is 1. The number of rotatable bonds is 6. The number of hydrogen-bond acceptors (Lipinski definition) is 4. The molecule has 0 aliphatic carbocycles. The maximum absolute atomic E-state index is 13.0. The summed E-state index contributed by atoms with van der Waals surface area (Å²) in [5, 5.41) is 4.56. The van der Waals surface area contributed by atoms with Gasteiger partial charge in [0.15, 0.2) is 0 Å². The predicted molar refractivity (Wildman–Crippen MR) is 124 cm³/mol. The van der Waals surface area contributed by atoms with Crippen LogP contribution in [0.3, 0.4) is 0 Å². The molecule has 6 nitrogen and oxygen atoms in total. The Kier molecular flexibility index (Phi) is 6.38. The molecule has 0 fully saturated rings. The first kappa shape index (κ1) is 22.8. The number of benzene rings is 3. The zero-order valence-electron chi connectivity index (χ0n) is 18.5. The van der Waals surface area contributed by atoms with Crippen molar-refractivity contribution >= 4 is 32.4 Å². The molecular weight excluding hydrogens is 412 g/mol. The third-order valence-corrected chi connectivity index (χ3v) is 6.93. The highest BCUT2D eigenvalue weighted by Crippen LogP contribution is 2.31. The van der Waals surface area contributed by atoms with E-state index in [-0.39, 0.29) is 16.9 Å². The number of carbonyl (C=O) groups excluding carboxylic acids is 1. The Hall–Kier alpha value is -2.90. The topological polar surface area (TPSA) is 75.7 Å². The number of likely N-dealkylation sites (N-methyl/N-ethyl adjacent to an activating group) is 1. The molecule has 0 atom stereocenters. The van der Waals surface area contributed by atoms with Crippen LogP contribution >= 0.6 is 0 Å². The maximum atomic E-state index is 13.0. The van der Waals surface area contributed by atoms with Crippen LogP contribution < -0.4 is 10.1 Å². The quantitative estimate of drug-likeness (QED) is 0.616. The molecule has 3 aromatic rings. The standard InChI is InChI=1S/C24H28N2O4S/c1-24(2,3)19-11-13-22(30-5)21(15-19)25-23(27)16-26(4)31(28,29)20-12-10-17-8-6-7-9-18(17)14-20/h6-15H,16H2,1-5H3,(H,25,27). The lowest BCUT2D eigenvalue weighted by atomic mass is 9.87. The van der Waals surface area contributed by atoms with Gasteiger partial charge in [-0.05, 0) is 46.0 Å². The van der Waals surface area contributed by atoms with Crippen molar-refractivity contribution in [1.29, 1.82) is 0 Å². The number of nitrogens with zero attached hydrogens (tertiary/aromatic N) is 1. The van der Waals surface area contributed by atoms with Gasteiger partial charge in [0.25, 0.3) is 0 Å². The minimum atomic E-state index is -3.82. The summed E-state index contributed by atoms with van der Waals surface area (Å²) < 4.78 is 32.4. The first-order valence-electron chi connectivity index (χ1n) is 9.96. The highest BCUT2D eigenvalue weighted by Gasteiger charge is 2.24. The summed E-state index contributed by atoms with van der Waals surface area (Å²) in [7, 11) is -0.902. The molecule has 1 amide bonds. The Morgan fingerprint density at radius 2 is 1.68 bits per heavy atom. The normalized spacial score (nSPS) is 12.2. The van der Waals surface area contributed by atoms with Crippen molar-refractivity contribution < 1.29 is 17.9 Å². The summed E-state index contributed by atoms with van der Waals surface area (Å²) in [6, 6.07) is 18.1. The molecule has 0 spiro atoms. The lowest BCUT2D eigenvalue weighted by molar-refractivity contribution is -0.116. The van der Waals surface area contributed by atoms with Crippen LogP contribution in [0.15, 0.2) is 65.6 Å². The Bertz CT molecular complexity index is 1210. The van der Waals surface area contributed by atoms with Gasteiger partial charge in [0.2, 0.25) is 15.9 Å². The number of methoxy groups -OCH3 is 1. The van der Waals surface area contributed by atoms with E-state index in [1.54, 1.807) is 24.3 Å². The molecule has 0 saturated carbocycles. The fraction of sp³-hybridized carbons (Fsp3) is 0.292. The Balaban J connectivity index is 1.79. The Morgan fingerprint density at radius 1 is 1.00 bits per heavy atom. The van der Waals surface area contributed by atoms with Crippen LogP contribution in [-0.4, -0.2) is 39.3 Å². The predicted octanol–water partition coefficient (Wildman–Crippen LogP) is 4.41. The largest absolute Gasteiger partial charge is 0.495 e. The number of hydrogen-bond donors (Lipinski definition) is 1. The fourth-order valence-corrected chi connectivity index (χ4v) is 4.42. The van der Waals surface area contributed by atoms with Gasteiger partial charge in [0.05, 0.1) is 24.2 Å². The molecule has 3 aromatic carbocycles. The molecule has 7 heteroatoms. The van der Waals surface area contributed by atoms with E-state index in [9.17, 15) is 13.2 Å². The molecule has 0 aromatic heterocycles. The molecule has 0 unspecified atom stereocenters. The number of sulfonamides is 1. The van der Waals surface area contributed by atoms with Crippen molar-refractivity contribution in [3.05, 3.63) is 66.2 Å². The molecule has 3 rings (SSSR count). The molecular formula is C24H28N2O4S. The third kappa shape index (κ3) is 5.06. The summed E-state index contributed by atoms with van der Waals surface area (Å²) in [4.78, 5) is 12.8. The summed E-state index contributed by atoms with van der Waals surface area (Å²) >= 11 is 0. The number of anilines is 1. The van der Waals surface area contributed by atoms with E-state index in [0.29, 0.717) is 11.4 Å². The number of amides is 1. The minimum absolute atomic E-state index is 0.109. The average molecular weight is 441 g/mol. The van der Waals surface area contributed by atoms with E-state index in [1.165, 1.54) is 14.2 Å². The van der Waals surface area contributed by atoms with Crippen LogP contribution in [0.1, 0.15) is 26.3 Å². The summed E-state index contributed by atoms with van der Waals surface area (Å²) in [6.07, 6.45) is 0. The van der Waals surface area contributed by atoms with E-state index < -0.39 is 15.9 Å². The molecule has 31 heavy (non-hydrogen) atoms. The molecule has 0 heterocycles. The van der Waals surface area contributed by atoms with E-state index in [2.05, 4.69) is 26.1 Å². The number of nitrogens with one attached hydrogen (secondary N) is 1. The molecule has 0 aliphatic rings. The van der Waals surface area contributed by atoms with Gasteiger partial charge in [-0.3, -0.25) is 4.79 Å². The lowest BCUT2D eigenvalue weighted by Gasteiger charge is -2.22. The first-order valence-corrected chi connectivity index (χ1v) is 11.4. The van der Waals surface area contributed by atoms with Gasteiger partial charge < -0.3 is 10.1 Å². The molecule has 0 bridgehead atoms. The summed E-state index contributed by atoms with van der Waals surface area (Å²) in [5.74, 6) is 0.0672. The highest BCUT2D eigenvalue weighted by molar-refractivity contribution is 7.89. The second-order valence-corrected chi connectivity index (χ2v) is 10.5. The van der Waals surface area contributed by atoms with Gasteiger partial charge in [-0.15, -0.1) is 0 Å². The van der Waals surface area contributed by atoms with E-state index in [1.807, 2.05) is 36.4 Å². The van der Waals surface area contributed by atoms with Crippen LogP contribution in [0.25, 0.3) is 10.8 Å². The van der Waals surface area contributed by atoms with E-state index in [0.717, 1.165) is 20.6 Å². The molecule has 0 radical (unpaired) electrons. The van der Waals surface area contributed by atoms with Crippen LogP contribution in [0.5, 0.6) is 5.75 Å². The van der Waals surface area contributed by atoms with Gasteiger partial charge in [0.1, 0.15) is 5.75 Å². The van der Waals surface area contributed by atoms with Crippen molar-refractivity contribution in [2.75, 3.05) is 26.0 Å². The smallest absolute Gasteiger partial charge is 0.243 e. The number of ether oxygens (including phenoxy) is 1.